The number of para-hydroxylation sites is 2. The molecule has 0 spiro atoms. The molecule has 2 aromatic carbocycles. The van der Waals surface area contributed by atoms with Crippen LogP contribution in [-0.4, -0.2) is 34.6 Å². The van der Waals surface area contributed by atoms with Crippen LogP contribution in [0.3, 0.4) is 0 Å². The second-order valence-electron chi connectivity index (χ2n) is 7.76. The van der Waals surface area contributed by atoms with Crippen molar-refractivity contribution in [2.24, 2.45) is 0 Å². The second-order valence-corrected chi connectivity index (χ2v) is 8.76. The van der Waals surface area contributed by atoms with E-state index in [4.69, 9.17) is 9.47 Å². The number of fused-ring (bicyclic) bond motifs is 1. The van der Waals surface area contributed by atoms with Gasteiger partial charge >= 0.3 is 5.97 Å². The molecule has 0 aliphatic carbocycles. The van der Waals surface area contributed by atoms with E-state index in [-0.39, 0.29) is 18.7 Å². The van der Waals surface area contributed by atoms with Crippen molar-refractivity contribution in [1.82, 2.24) is 9.55 Å². The maximum atomic E-state index is 13.1. The number of hydrogen-bond donors (Lipinski definition) is 1. The quantitative estimate of drug-likeness (QED) is 0.352. The largest absolute Gasteiger partial charge is 0.492 e. The fraction of sp³-hybridized carbons (Fsp3) is 0.231. The van der Waals surface area contributed by atoms with E-state index in [1.54, 1.807) is 25.1 Å². The monoisotopic (exact) mass is 491 g/mol. The van der Waals surface area contributed by atoms with E-state index in [1.807, 2.05) is 43.3 Å². The van der Waals surface area contributed by atoms with Crippen LogP contribution in [0, 0.1) is 6.92 Å². The van der Waals surface area contributed by atoms with E-state index in [9.17, 15) is 14.4 Å². The summed E-state index contributed by atoms with van der Waals surface area (Å²) in [6.07, 6.45) is 1.92. The molecule has 1 amide bonds. The molecule has 0 unspecified atom stereocenters. The molecule has 35 heavy (non-hydrogen) atoms. The van der Waals surface area contributed by atoms with Gasteiger partial charge in [0.2, 0.25) is 5.91 Å². The Kier molecular flexibility index (Phi) is 7.57. The fourth-order valence-corrected chi connectivity index (χ4v) is 4.67. The topological polar surface area (TPSA) is 99.5 Å². The predicted octanol–water partition coefficient (Wildman–Crippen LogP) is 4.20. The van der Waals surface area contributed by atoms with E-state index in [0.717, 1.165) is 16.9 Å². The Morgan fingerprint density at radius 3 is 2.60 bits per heavy atom. The average molecular weight is 492 g/mol. The molecule has 4 aromatic rings. The van der Waals surface area contributed by atoms with Gasteiger partial charge in [-0.25, -0.2) is 9.78 Å². The molecule has 0 saturated carbocycles. The summed E-state index contributed by atoms with van der Waals surface area (Å²) in [5, 5.41) is 3.09. The van der Waals surface area contributed by atoms with Crippen molar-refractivity contribution in [2.75, 3.05) is 18.5 Å². The zero-order valence-electron chi connectivity index (χ0n) is 19.4. The zero-order valence-corrected chi connectivity index (χ0v) is 20.3. The average Bonchev–Trinajstić information content (AvgIpc) is 3.20. The van der Waals surface area contributed by atoms with Gasteiger partial charge in [-0.3, -0.25) is 14.2 Å². The Balaban J connectivity index is 1.48. The van der Waals surface area contributed by atoms with Crippen LogP contribution < -0.4 is 15.6 Å². The summed E-state index contributed by atoms with van der Waals surface area (Å²) in [4.78, 5) is 43.5. The first-order chi connectivity index (χ1) is 17.0. The third-order valence-electron chi connectivity index (χ3n) is 5.34. The minimum Gasteiger partial charge on any atom is -0.492 e. The van der Waals surface area contributed by atoms with Crippen molar-refractivity contribution in [3.8, 4) is 5.75 Å². The number of carbonyl (C=O) groups is 2. The van der Waals surface area contributed by atoms with Crippen LogP contribution >= 0.6 is 11.3 Å². The molecule has 1 N–H and O–H groups in total. The highest BCUT2D eigenvalue weighted by atomic mass is 32.1. The molecule has 0 aliphatic rings. The SMILES string of the molecule is CCOc1ccccc1NC(=O)Cn1cnc2sc(C(=O)OCCc3ccccc3)c(C)c2c1=O. The van der Waals surface area contributed by atoms with E-state index in [2.05, 4.69) is 10.3 Å². The number of amides is 1. The molecule has 8 nitrogen and oxygen atoms in total. The number of rotatable bonds is 9. The van der Waals surface area contributed by atoms with E-state index in [1.165, 1.54) is 10.9 Å². The van der Waals surface area contributed by atoms with Gasteiger partial charge in [0.25, 0.3) is 5.56 Å². The van der Waals surface area contributed by atoms with Crippen LogP contribution in [0.5, 0.6) is 5.75 Å². The predicted molar refractivity (Wildman–Crippen MR) is 135 cm³/mol. The van der Waals surface area contributed by atoms with Crippen molar-refractivity contribution in [3.63, 3.8) is 0 Å². The molecule has 180 valence electrons. The molecule has 4 rings (SSSR count). The Morgan fingerprint density at radius 1 is 1.09 bits per heavy atom. The molecule has 0 aliphatic heterocycles. The van der Waals surface area contributed by atoms with Gasteiger partial charge in [0.1, 0.15) is 22.0 Å². The number of hydrogen-bond acceptors (Lipinski definition) is 7. The lowest BCUT2D eigenvalue weighted by Gasteiger charge is -2.11. The lowest BCUT2D eigenvalue weighted by atomic mass is 10.2. The maximum absolute atomic E-state index is 13.1. The number of anilines is 1. The first-order valence-corrected chi connectivity index (χ1v) is 12.0. The second kappa shape index (κ2) is 11.0. The number of aryl methyl sites for hydroxylation is 1. The third kappa shape index (κ3) is 5.58. The standard InChI is InChI=1S/C26H25N3O5S/c1-3-33-20-12-8-7-11-19(20)28-21(30)15-29-16-27-24-22(25(29)31)17(2)23(35-24)26(32)34-14-13-18-9-5-4-6-10-18/h4-12,16H,3,13-15H2,1-2H3,(H,28,30). The van der Waals surface area contributed by atoms with Crippen LogP contribution in [0.15, 0.2) is 65.7 Å². The van der Waals surface area contributed by atoms with Gasteiger partial charge in [0, 0.05) is 6.42 Å². The Bertz CT molecular complexity index is 1410. The van der Waals surface area contributed by atoms with Crippen LogP contribution in [0.25, 0.3) is 10.2 Å². The van der Waals surface area contributed by atoms with Crippen LogP contribution in [0.4, 0.5) is 5.69 Å². The number of ether oxygens (including phenoxy) is 2. The van der Waals surface area contributed by atoms with Crippen LogP contribution in [-0.2, 0) is 22.5 Å². The number of carbonyl (C=O) groups excluding carboxylic acids is 2. The number of nitrogens with zero attached hydrogens (tertiary/aromatic N) is 2. The summed E-state index contributed by atoms with van der Waals surface area (Å²) >= 11 is 1.11. The normalized spacial score (nSPS) is 10.8. The van der Waals surface area contributed by atoms with Gasteiger partial charge in [-0.1, -0.05) is 42.5 Å². The number of benzene rings is 2. The van der Waals surface area contributed by atoms with E-state index in [0.29, 0.717) is 45.1 Å². The van der Waals surface area contributed by atoms with Gasteiger partial charge in [0.05, 0.1) is 30.6 Å². The van der Waals surface area contributed by atoms with Gasteiger partial charge in [-0.15, -0.1) is 11.3 Å². The van der Waals surface area contributed by atoms with Crippen molar-refractivity contribution in [2.45, 2.75) is 26.8 Å². The highest BCUT2D eigenvalue weighted by Gasteiger charge is 2.21. The highest BCUT2D eigenvalue weighted by molar-refractivity contribution is 7.20. The van der Waals surface area contributed by atoms with Crippen LogP contribution in [0.1, 0.15) is 27.7 Å². The summed E-state index contributed by atoms with van der Waals surface area (Å²) in [5.41, 5.74) is 1.71. The summed E-state index contributed by atoms with van der Waals surface area (Å²) in [6, 6.07) is 16.8. The minimum atomic E-state index is -0.488. The molecule has 9 heteroatoms. The third-order valence-corrected chi connectivity index (χ3v) is 6.52. The molecule has 0 saturated heterocycles. The molecule has 2 aromatic heterocycles. The van der Waals surface area contributed by atoms with Gasteiger partial charge in [-0.2, -0.15) is 0 Å². The Labute approximate surface area is 206 Å². The van der Waals surface area contributed by atoms with E-state index < -0.39 is 11.9 Å². The summed E-state index contributed by atoms with van der Waals surface area (Å²) in [5.74, 6) is -0.333. The maximum Gasteiger partial charge on any atom is 0.348 e. The summed E-state index contributed by atoms with van der Waals surface area (Å²) in [6.45, 7) is 4.02. The number of nitrogens with one attached hydrogen (secondary N) is 1. The first-order valence-electron chi connectivity index (χ1n) is 11.2. The summed E-state index contributed by atoms with van der Waals surface area (Å²) in [7, 11) is 0. The fourth-order valence-electron chi connectivity index (χ4n) is 3.63. The number of aromatic nitrogens is 2. The van der Waals surface area contributed by atoms with Gasteiger partial charge in [0.15, 0.2) is 0 Å². The first kappa shape index (κ1) is 24.2. The van der Waals surface area contributed by atoms with Gasteiger partial charge < -0.3 is 14.8 Å². The molecule has 0 bridgehead atoms. The summed E-state index contributed by atoms with van der Waals surface area (Å²) < 4.78 is 12.2. The molecule has 0 fully saturated rings. The molecule has 0 radical (unpaired) electrons. The highest BCUT2D eigenvalue weighted by Crippen LogP contribution is 2.28. The smallest absolute Gasteiger partial charge is 0.348 e. The van der Waals surface area contributed by atoms with Crippen molar-refractivity contribution < 1.29 is 19.1 Å². The Hall–Kier alpha value is -3.98. The van der Waals surface area contributed by atoms with Crippen molar-refractivity contribution in [3.05, 3.63) is 87.3 Å². The van der Waals surface area contributed by atoms with Crippen LogP contribution in [0.2, 0.25) is 0 Å². The lowest BCUT2D eigenvalue weighted by Crippen LogP contribution is -2.28. The Morgan fingerprint density at radius 2 is 1.83 bits per heavy atom. The van der Waals surface area contributed by atoms with E-state index >= 15 is 0 Å². The lowest BCUT2D eigenvalue weighted by molar-refractivity contribution is -0.116. The molecular weight excluding hydrogens is 466 g/mol. The van der Waals surface area contributed by atoms with Crippen molar-refractivity contribution >= 4 is 39.1 Å². The molecule has 0 atom stereocenters. The van der Waals surface area contributed by atoms with Gasteiger partial charge in [-0.05, 0) is 37.1 Å². The van der Waals surface area contributed by atoms with Crippen molar-refractivity contribution in [1.29, 1.82) is 0 Å². The molecular formula is C26H25N3O5S. The number of esters is 1. The minimum absolute atomic E-state index is 0.228. The zero-order chi connectivity index (χ0) is 24.8. The number of thiophene rings is 1. The molecule has 2 heterocycles.